The number of fused-ring (bicyclic) bond motifs is 1. The minimum Gasteiger partial charge on any atom is -0.354 e. The summed E-state index contributed by atoms with van der Waals surface area (Å²) in [6.07, 6.45) is 2.35. The van der Waals surface area contributed by atoms with Gasteiger partial charge in [-0.25, -0.2) is 0 Å². The highest BCUT2D eigenvalue weighted by molar-refractivity contribution is 5.83. The third-order valence-electron chi connectivity index (χ3n) is 5.10. The van der Waals surface area contributed by atoms with Crippen LogP contribution in [0.1, 0.15) is 32.3 Å². The molecule has 0 unspecified atom stereocenters. The number of piperidine rings is 1. The van der Waals surface area contributed by atoms with Crippen LogP contribution < -0.4 is 10.6 Å². The monoisotopic (exact) mass is 338 g/mol. The van der Waals surface area contributed by atoms with Gasteiger partial charge in [-0.2, -0.15) is 0 Å². The zero-order valence-corrected chi connectivity index (χ0v) is 15.6. The van der Waals surface area contributed by atoms with Gasteiger partial charge in [0.25, 0.3) is 0 Å². The molecule has 0 aliphatic carbocycles. The molecule has 25 heavy (non-hydrogen) atoms. The first-order valence-corrected chi connectivity index (χ1v) is 9.34. The van der Waals surface area contributed by atoms with Crippen molar-refractivity contribution in [3.8, 4) is 0 Å². The van der Waals surface area contributed by atoms with E-state index in [1.165, 1.54) is 29.2 Å². The van der Waals surface area contributed by atoms with Crippen LogP contribution in [0.5, 0.6) is 0 Å². The average Bonchev–Trinajstić information content (AvgIpc) is 2.65. The summed E-state index contributed by atoms with van der Waals surface area (Å²) < 4.78 is 0. The number of likely N-dealkylation sites (tertiary alicyclic amines) is 1. The van der Waals surface area contributed by atoms with Crippen molar-refractivity contribution in [1.29, 1.82) is 0 Å². The molecular weight excluding hydrogens is 308 g/mol. The van der Waals surface area contributed by atoms with E-state index in [9.17, 15) is 0 Å². The molecule has 0 spiro atoms. The first kappa shape index (κ1) is 17.7. The molecule has 0 saturated carbocycles. The van der Waals surface area contributed by atoms with E-state index in [2.05, 4.69) is 76.8 Å². The van der Waals surface area contributed by atoms with Crippen molar-refractivity contribution in [3.63, 3.8) is 0 Å². The highest BCUT2D eigenvalue weighted by Crippen LogP contribution is 2.16. The average molecular weight is 338 g/mol. The molecule has 1 saturated heterocycles. The normalized spacial score (nSPS) is 17.2. The highest BCUT2D eigenvalue weighted by atomic mass is 15.2. The molecule has 0 radical (unpaired) electrons. The van der Waals surface area contributed by atoms with Crippen LogP contribution in [-0.2, 0) is 6.54 Å². The number of nitrogens with one attached hydrogen (secondary N) is 2. The van der Waals surface area contributed by atoms with Gasteiger partial charge < -0.3 is 15.5 Å². The lowest BCUT2D eigenvalue weighted by molar-refractivity contribution is 0.167. The van der Waals surface area contributed by atoms with Gasteiger partial charge in [0.2, 0.25) is 0 Å². The molecule has 0 bridgehead atoms. The maximum Gasteiger partial charge on any atom is 0.191 e. The minimum absolute atomic E-state index is 0.512. The summed E-state index contributed by atoms with van der Waals surface area (Å²) in [6, 6.07) is 16.2. The van der Waals surface area contributed by atoms with Crippen molar-refractivity contribution in [2.75, 3.05) is 20.1 Å². The number of guanidine groups is 1. The van der Waals surface area contributed by atoms with Gasteiger partial charge in [-0.15, -0.1) is 0 Å². The number of benzene rings is 2. The third kappa shape index (κ3) is 4.73. The van der Waals surface area contributed by atoms with E-state index in [0.717, 1.165) is 25.6 Å². The third-order valence-corrected chi connectivity index (χ3v) is 5.10. The molecule has 2 N–H and O–H groups in total. The van der Waals surface area contributed by atoms with Crippen LogP contribution in [0.15, 0.2) is 47.5 Å². The van der Waals surface area contributed by atoms with E-state index in [1.807, 2.05) is 7.05 Å². The Balaban J connectivity index is 1.52. The molecular formula is C21H30N4. The molecule has 0 amide bonds. The SMILES string of the molecule is CN=C(NCc1ccc2ccccc2c1)NC1CCN(C(C)C)CC1. The van der Waals surface area contributed by atoms with E-state index in [1.54, 1.807) is 0 Å². The lowest BCUT2D eigenvalue weighted by Crippen LogP contribution is -2.49. The summed E-state index contributed by atoms with van der Waals surface area (Å²) in [7, 11) is 1.85. The standard InChI is InChI=1S/C21H30N4/c1-16(2)25-12-10-20(11-13-25)24-21(22-3)23-15-17-8-9-18-6-4-5-7-19(18)14-17/h4-9,14,16,20H,10-13,15H2,1-3H3,(H2,22,23,24). The van der Waals surface area contributed by atoms with Crippen LogP contribution >= 0.6 is 0 Å². The van der Waals surface area contributed by atoms with Gasteiger partial charge in [-0.05, 0) is 49.1 Å². The molecule has 1 heterocycles. The Morgan fingerprint density at radius 3 is 2.52 bits per heavy atom. The van der Waals surface area contributed by atoms with Crippen molar-refractivity contribution in [2.24, 2.45) is 4.99 Å². The van der Waals surface area contributed by atoms with Crippen LogP contribution in [-0.4, -0.2) is 43.1 Å². The van der Waals surface area contributed by atoms with Crippen molar-refractivity contribution in [3.05, 3.63) is 48.0 Å². The number of nitrogens with zero attached hydrogens (tertiary/aromatic N) is 2. The van der Waals surface area contributed by atoms with E-state index in [0.29, 0.717) is 12.1 Å². The van der Waals surface area contributed by atoms with Gasteiger partial charge in [-0.1, -0.05) is 36.4 Å². The number of hydrogen-bond acceptors (Lipinski definition) is 2. The van der Waals surface area contributed by atoms with Crippen molar-refractivity contribution in [2.45, 2.75) is 45.3 Å². The Labute approximate surface area is 151 Å². The maximum absolute atomic E-state index is 4.39. The van der Waals surface area contributed by atoms with Crippen molar-refractivity contribution >= 4 is 16.7 Å². The van der Waals surface area contributed by atoms with Gasteiger partial charge in [0, 0.05) is 38.8 Å². The Morgan fingerprint density at radius 1 is 1.12 bits per heavy atom. The van der Waals surface area contributed by atoms with Crippen LogP contribution in [0.4, 0.5) is 0 Å². The Hall–Kier alpha value is -2.07. The molecule has 2 aromatic rings. The molecule has 0 aromatic heterocycles. The van der Waals surface area contributed by atoms with E-state index in [-0.39, 0.29) is 0 Å². The van der Waals surface area contributed by atoms with E-state index in [4.69, 9.17) is 0 Å². The second-order valence-corrected chi connectivity index (χ2v) is 7.16. The van der Waals surface area contributed by atoms with Crippen LogP contribution in [0, 0.1) is 0 Å². The van der Waals surface area contributed by atoms with Gasteiger partial charge in [0.15, 0.2) is 5.96 Å². The van der Waals surface area contributed by atoms with Crippen molar-refractivity contribution < 1.29 is 0 Å². The molecule has 2 aromatic carbocycles. The molecule has 4 nitrogen and oxygen atoms in total. The highest BCUT2D eigenvalue weighted by Gasteiger charge is 2.21. The predicted octanol–water partition coefficient (Wildman–Crippen LogP) is 3.38. The topological polar surface area (TPSA) is 39.7 Å². The molecule has 4 heteroatoms. The predicted molar refractivity (Wildman–Crippen MR) is 107 cm³/mol. The van der Waals surface area contributed by atoms with Crippen LogP contribution in [0.2, 0.25) is 0 Å². The summed E-state index contributed by atoms with van der Waals surface area (Å²) in [5.74, 6) is 0.899. The summed E-state index contributed by atoms with van der Waals surface area (Å²) in [5.41, 5.74) is 1.27. The van der Waals surface area contributed by atoms with Crippen molar-refractivity contribution in [1.82, 2.24) is 15.5 Å². The zero-order valence-electron chi connectivity index (χ0n) is 15.6. The fraction of sp³-hybridized carbons (Fsp3) is 0.476. The van der Waals surface area contributed by atoms with E-state index < -0.39 is 0 Å². The fourth-order valence-corrected chi connectivity index (χ4v) is 3.48. The Kier molecular flexibility index (Phi) is 5.92. The lowest BCUT2D eigenvalue weighted by atomic mass is 10.0. The van der Waals surface area contributed by atoms with Gasteiger partial charge in [-0.3, -0.25) is 4.99 Å². The second-order valence-electron chi connectivity index (χ2n) is 7.16. The quantitative estimate of drug-likeness (QED) is 0.663. The Bertz CT molecular complexity index is 715. The fourth-order valence-electron chi connectivity index (χ4n) is 3.48. The number of rotatable bonds is 4. The lowest BCUT2D eigenvalue weighted by Gasteiger charge is -2.35. The first-order valence-electron chi connectivity index (χ1n) is 9.34. The largest absolute Gasteiger partial charge is 0.354 e. The van der Waals surface area contributed by atoms with Crippen LogP contribution in [0.3, 0.4) is 0 Å². The first-order chi connectivity index (χ1) is 12.2. The summed E-state index contributed by atoms with van der Waals surface area (Å²) in [6.45, 7) is 7.67. The molecule has 1 aliphatic rings. The Morgan fingerprint density at radius 2 is 1.84 bits per heavy atom. The van der Waals surface area contributed by atoms with E-state index >= 15 is 0 Å². The molecule has 1 fully saturated rings. The molecule has 134 valence electrons. The summed E-state index contributed by atoms with van der Waals surface area (Å²) in [4.78, 5) is 6.94. The maximum atomic E-state index is 4.39. The van der Waals surface area contributed by atoms with Crippen LogP contribution in [0.25, 0.3) is 10.8 Å². The molecule has 3 rings (SSSR count). The van der Waals surface area contributed by atoms with Gasteiger partial charge in [0.1, 0.15) is 0 Å². The van der Waals surface area contributed by atoms with Gasteiger partial charge in [0.05, 0.1) is 0 Å². The minimum atomic E-state index is 0.512. The summed E-state index contributed by atoms with van der Waals surface area (Å²) >= 11 is 0. The van der Waals surface area contributed by atoms with Gasteiger partial charge >= 0.3 is 0 Å². The second kappa shape index (κ2) is 8.34. The molecule has 1 aliphatic heterocycles. The molecule has 0 atom stereocenters. The zero-order chi connectivity index (χ0) is 17.6. The summed E-state index contributed by atoms with van der Waals surface area (Å²) in [5, 5.41) is 9.61. The smallest absolute Gasteiger partial charge is 0.191 e. The number of aliphatic imine (C=N–C) groups is 1. The number of hydrogen-bond donors (Lipinski definition) is 2.